The maximum Gasteiger partial charge on any atom is 0.343 e. The third kappa shape index (κ3) is 2.07. The van der Waals surface area contributed by atoms with Gasteiger partial charge in [-0.2, -0.15) is 0 Å². The smallest absolute Gasteiger partial charge is 0.308 e. The summed E-state index contributed by atoms with van der Waals surface area (Å²) < 4.78 is 1.41. The number of aromatic nitrogens is 4. The molecule has 0 aliphatic carbocycles. The molecular weight excluding hydrogens is 228 g/mol. The van der Waals surface area contributed by atoms with Gasteiger partial charge in [-0.05, 0) is 23.9 Å². The van der Waals surface area contributed by atoms with E-state index in [1.807, 2.05) is 12.1 Å². The maximum absolute atomic E-state index is 11.1. The van der Waals surface area contributed by atoms with Gasteiger partial charge in [0.05, 0.1) is 0 Å². The average molecular weight is 238 g/mol. The fourth-order valence-electron chi connectivity index (χ4n) is 1.07. The zero-order chi connectivity index (χ0) is 11.5. The molecule has 0 aliphatic rings. The molecule has 0 unspecified atom stereocenters. The molecule has 2 heterocycles. The first-order valence-corrected chi connectivity index (χ1v) is 5.25. The molecule has 0 fully saturated rings. The van der Waals surface area contributed by atoms with Gasteiger partial charge in [0.15, 0.2) is 5.16 Å². The molecule has 0 radical (unpaired) electrons. The Labute approximate surface area is 95.0 Å². The molecule has 2 rings (SSSR count). The Balaban J connectivity index is 2.26. The van der Waals surface area contributed by atoms with E-state index >= 15 is 0 Å². The highest BCUT2D eigenvalue weighted by Crippen LogP contribution is 2.23. The summed E-state index contributed by atoms with van der Waals surface area (Å²) in [6.07, 6.45) is 0. The molecule has 4 N–H and O–H groups in total. The normalized spacial score (nSPS) is 10.4. The Hall–Kier alpha value is -1.80. The number of nitrogen functional groups attached to an aromatic ring is 1. The second-order valence-electron chi connectivity index (χ2n) is 2.98. The van der Waals surface area contributed by atoms with Gasteiger partial charge in [0.25, 0.3) is 0 Å². The Morgan fingerprint density at radius 3 is 3.00 bits per heavy atom. The average Bonchev–Trinajstić information content (AvgIpc) is 2.61. The number of hydrazine groups is 1. The monoisotopic (exact) mass is 238 g/mol. The molecule has 7 nitrogen and oxygen atoms in total. The van der Waals surface area contributed by atoms with Gasteiger partial charge in [0, 0.05) is 7.05 Å². The summed E-state index contributed by atoms with van der Waals surface area (Å²) in [5.74, 6) is 5.81. The number of pyridine rings is 1. The van der Waals surface area contributed by atoms with Crippen LogP contribution < -0.4 is 17.0 Å². The van der Waals surface area contributed by atoms with Gasteiger partial charge in [-0.1, -0.05) is 6.07 Å². The van der Waals surface area contributed by atoms with E-state index in [0.717, 1.165) is 0 Å². The molecule has 0 aromatic carbocycles. The van der Waals surface area contributed by atoms with Crippen molar-refractivity contribution in [2.24, 2.45) is 12.9 Å². The van der Waals surface area contributed by atoms with Crippen LogP contribution in [0.3, 0.4) is 0 Å². The van der Waals surface area contributed by atoms with E-state index in [1.54, 1.807) is 13.1 Å². The molecule has 8 heteroatoms. The molecule has 2 aromatic rings. The summed E-state index contributed by atoms with van der Waals surface area (Å²) in [5, 5.41) is 7.47. The number of nitrogens with one attached hydrogen (secondary N) is 2. The van der Waals surface area contributed by atoms with Crippen LogP contribution in [0.1, 0.15) is 0 Å². The lowest BCUT2D eigenvalue weighted by molar-refractivity contribution is 0.765. The Morgan fingerprint density at radius 1 is 1.56 bits per heavy atom. The van der Waals surface area contributed by atoms with Gasteiger partial charge in [-0.15, -0.1) is 5.10 Å². The Kier molecular flexibility index (Phi) is 2.93. The molecule has 2 aromatic heterocycles. The van der Waals surface area contributed by atoms with Gasteiger partial charge in [-0.25, -0.2) is 20.7 Å². The second-order valence-corrected chi connectivity index (χ2v) is 3.97. The topological polar surface area (TPSA) is 102 Å². The van der Waals surface area contributed by atoms with E-state index < -0.39 is 0 Å². The van der Waals surface area contributed by atoms with E-state index in [-0.39, 0.29) is 5.69 Å². The number of H-pyrrole nitrogens is 1. The first-order valence-electron chi connectivity index (χ1n) is 4.43. The van der Waals surface area contributed by atoms with Gasteiger partial charge >= 0.3 is 5.69 Å². The van der Waals surface area contributed by atoms with E-state index in [1.165, 1.54) is 16.3 Å². The molecule has 84 valence electrons. The van der Waals surface area contributed by atoms with Crippen molar-refractivity contribution in [2.45, 2.75) is 10.2 Å². The Morgan fingerprint density at radius 2 is 2.38 bits per heavy atom. The first kappa shape index (κ1) is 10.7. The van der Waals surface area contributed by atoms with Crippen LogP contribution >= 0.6 is 11.8 Å². The van der Waals surface area contributed by atoms with E-state index in [0.29, 0.717) is 16.0 Å². The molecule has 0 saturated heterocycles. The van der Waals surface area contributed by atoms with Crippen molar-refractivity contribution in [1.29, 1.82) is 0 Å². The summed E-state index contributed by atoms with van der Waals surface area (Å²) >= 11 is 1.28. The third-order valence-electron chi connectivity index (χ3n) is 1.91. The first-order chi connectivity index (χ1) is 7.70. The zero-order valence-electron chi connectivity index (χ0n) is 8.47. The quantitative estimate of drug-likeness (QED) is 0.511. The third-order valence-corrected chi connectivity index (χ3v) is 2.89. The van der Waals surface area contributed by atoms with Gasteiger partial charge in [-0.3, -0.25) is 4.57 Å². The van der Waals surface area contributed by atoms with Crippen molar-refractivity contribution in [2.75, 3.05) is 5.43 Å². The summed E-state index contributed by atoms with van der Waals surface area (Å²) in [7, 11) is 1.64. The van der Waals surface area contributed by atoms with Crippen LogP contribution in [0.5, 0.6) is 0 Å². The van der Waals surface area contributed by atoms with Crippen LogP contribution in [0.15, 0.2) is 33.2 Å². The van der Waals surface area contributed by atoms with E-state index in [9.17, 15) is 4.79 Å². The van der Waals surface area contributed by atoms with Gasteiger partial charge < -0.3 is 5.43 Å². The number of anilines is 1. The predicted molar refractivity (Wildman–Crippen MR) is 60.0 cm³/mol. The van der Waals surface area contributed by atoms with Gasteiger partial charge in [0.2, 0.25) is 0 Å². The van der Waals surface area contributed by atoms with Crippen molar-refractivity contribution < 1.29 is 0 Å². The maximum atomic E-state index is 11.1. The molecule has 0 bridgehead atoms. The number of hydrogen-bond donors (Lipinski definition) is 3. The molecular formula is C8H10N6OS. The fraction of sp³-hybridized carbons (Fsp3) is 0.125. The number of rotatable bonds is 3. The van der Waals surface area contributed by atoms with Crippen molar-refractivity contribution >= 4 is 17.6 Å². The highest BCUT2D eigenvalue weighted by atomic mass is 32.2. The SMILES string of the molecule is Cn1c(Sc2cccc(NN)n2)n[nH]c1=O. The van der Waals surface area contributed by atoms with Crippen LogP contribution in [0.2, 0.25) is 0 Å². The highest BCUT2D eigenvalue weighted by molar-refractivity contribution is 7.99. The van der Waals surface area contributed by atoms with Crippen LogP contribution in [-0.2, 0) is 7.05 Å². The largest absolute Gasteiger partial charge is 0.343 e. The highest BCUT2D eigenvalue weighted by Gasteiger charge is 2.07. The van der Waals surface area contributed by atoms with Crippen LogP contribution in [0.4, 0.5) is 5.82 Å². The minimum Gasteiger partial charge on any atom is -0.308 e. The van der Waals surface area contributed by atoms with Gasteiger partial charge in [0.1, 0.15) is 10.8 Å². The molecule has 0 aliphatic heterocycles. The summed E-state index contributed by atoms with van der Waals surface area (Å²) in [6, 6.07) is 5.37. The summed E-state index contributed by atoms with van der Waals surface area (Å²) in [6.45, 7) is 0. The van der Waals surface area contributed by atoms with Crippen molar-refractivity contribution in [3.05, 3.63) is 28.7 Å². The van der Waals surface area contributed by atoms with Crippen molar-refractivity contribution in [3.8, 4) is 0 Å². The van der Waals surface area contributed by atoms with E-state index in [2.05, 4.69) is 20.6 Å². The molecule has 0 spiro atoms. The lowest BCUT2D eigenvalue weighted by atomic mass is 10.5. The van der Waals surface area contributed by atoms with Crippen molar-refractivity contribution in [1.82, 2.24) is 19.7 Å². The van der Waals surface area contributed by atoms with Crippen LogP contribution in [-0.4, -0.2) is 19.7 Å². The van der Waals surface area contributed by atoms with Crippen LogP contribution in [0.25, 0.3) is 0 Å². The molecule has 0 saturated carbocycles. The number of hydrogen-bond acceptors (Lipinski definition) is 6. The summed E-state index contributed by atoms with van der Waals surface area (Å²) in [5.41, 5.74) is 2.20. The van der Waals surface area contributed by atoms with Crippen LogP contribution in [0, 0.1) is 0 Å². The molecule has 0 atom stereocenters. The second kappa shape index (κ2) is 4.37. The molecule has 0 amide bonds. The minimum absolute atomic E-state index is 0.254. The minimum atomic E-state index is -0.254. The lowest BCUT2D eigenvalue weighted by Gasteiger charge is -2.02. The zero-order valence-corrected chi connectivity index (χ0v) is 9.28. The summed E-state index contributed by atoms with van der Waals surface area (Å²) in [4.78, 5) is 15.3. The van der Waals surface area contributed by atoms with Crippen molar-refractivity contribution in [3.63, 3.8) is 0 Å². The fourth-order valence-corrected chi connectivity index (χ4v) is 1.86. The standard InChI is InChI=1S/C8H10N6OS/c1-14-7(15)12-13-8(14)16-6-4-2-3-5(10-6)11-9/h2-4H,9H2,1H3,(H,10,11)(H,12,15). The number of nitrogens with zero attached hydrogens (tertiary/aromatic N) is 3. The predicted octanol–water partition coefficient (Wildman–Crippen LogP) is -0.0598. The number of aromatic amines is 1. The van der Waals surface area contributed by atoms with E-state index in [4.69, 9.17) is 5.84 Å². The lowest BCUT2D eigenvalue weighted by Crippen LogP contribution is -2.13. The Bertz CT molecular complexity index is 547. The molecule has 16 heavy (non-hydrogen) atoms. The number of nitrogens with two attached hydrogens (primary N) is 1.